The highest BCUT2D eigenvalue weighted by atomic mass is 32.2. The van der Waals surface area contributed by atoms with Crippen molar-refractivity contribution in [3.8, 4) is 5.75 Å². The van der Waals surface area contributed by atoms with E-state index in [1.807, 2.05) is 13.8 Å². The summed E-state index contributed by atoms with van der Waals surface area (Å²) in [5.74, 6) is 0.669. The smallest absolute Gasteiger partial charge is 0.240 e. The standard InChI is InChI=1S/C17H30N2O4S/c1-6-19(7-2)15(4)13-18-24(20,21)16-8-9-17(14(3)12-16)23-11-10-22-5/h8-9,12,15,18H,6-7,10-11,13H2,1-5H3. The van der Waals surface area contributed by atoms with Crippen molar-refractivity contribution in [3.05, 3.63) is 23.8 Å². The number of nitrogens with zero attached hydrogens (tertiary/aromatic N) is 1. The molecule has 0 heterocycles. The van der Waals surface area contributed by atoms with Crippen LogP contribution in [0.25, 0.3) is 0 Å². The summed E-state index contributed by atoms with van der Waals surface area (Å²) in [7, 11) is -1.92. The van der Waals surface area contributed by atoms with Crippen LogP contribution < -0.4 is 9.46 Å². The van der Waals surface area contributed by atoms with Crippen LogP contribution in [0.4, 0.5) is 0 Å². The molecule has 0 saturated carbocycles. The first-order valence-electron chi connectivity index (χ1n) is 8.31. The Bertz CT molecular complexity index is 601. The molecule has 24 heavy (non-hydrogen) atoms. The molecule has 0 aliphatic rings. The number of likely N-dealkylation sites (N-methyl/N-ethyl adjacent to an activating group) is 1. The first-order valence-corrected chi connectivity index (χ1v) is 9.80. The van der Waals surface area contributed by atoms with Crippen molar-refractivity contribution in [2.45, 2.75) is 38.6 Å². The molecule has 1 rings (SSSR count). The molecule has 0 radical (unpaired) electrons. The van der Waals surface area contributed by atoms with Gasteiger partial charge in [0.25, 0.3) is 0 Å². The van der Waals surface area contributed by atoms with Gasteiger partial charge in [0.1, 0.15) is 12.4 Å². The van der Waals surface area contributed by atoms with Gasteiger partial charge in [-0.25, -0.2) is 13.1 Å². The molecule has 1 N–H and O–H groups in total. The monoisotopic (exact) mass is 358 g/mol. The lowest BCUT2D eigenvalue weighted by molar-refractivity contribution is 0.146. The highest BCUT2D eigenvalue weighted by molar-refractivity contribution is 7.89. The Morgan fingerprint density at radius 1 is 1.21 bits per heavy atom. The topological polar surface area (TPSA) is 67.9 Å². The molecule has 0 spiro atoms. The zero-order chi connectivity index (χ0) is 18.2. The SMILES string of the molecule is CCN(CC)C(C)CNS(=O)(=O)c1ccc(OCCOC)c(C)c1. The number of methoxy groups -OCH3 is 1. The summed E-state index contributed by atoms with van der Waals surface area (Å²) < 4.78 is 38.1. The quantitative estimate of drug-likeness (QED) is 0.613. The Labute approximate surface area is 146 Å². The van der Waals surface area contributed by atoms with E-state index in [0.29, 0.717) is 25.5 Å². The molecule has 138 valence electrons. The summed E-state index contributed by atoms with van der Waals surface area (Å²) in [5, 5.41) is 0. The molecule has 0 fully saturated rings. The fraction of sp³-hybridized carbons (Fsp3) is 0.647. The highest BCUT2D eigenvalue weighted by Gasteiger charge is 2.18. The van der Waals surface area contributed by atoms with Gasteiger partial charge in [-0.05, 0) is 50.7 Å². The van der Waals surface area contributed by atoms with Gasteiger partial charge in [0.05, 0.1) is 11.5 Å². The molecule has 0 aromatic heterocycles. The van der Waals surface area contributed by atoms with E-state index in [9.17, 15) is 8.42 Å². The van der Waals surface area contributed by atoms with E-state index in [0.717, 1.165) is 18.7 Å². The Hall–Kier alpha value is -1.15. The molecule has 1 aromatic rings. The lowest BCUT2D eigenvalue weighted by atomic mass is 10.2. The summed E-state index contributed by atoms with van der Waals surface area (Å²) in [4.78, 5) is 2.46. The molecule has 0 saturated heterocycles. The molecule has 1 atom stereocenters. The van der Waals surface area contributed by atoms with Crippen LogP contribution in [0.15, 0.2) is 23.1 Å². The molecule has 7 heteroatoms. The number of rotatable bonds is 11. The maximum absolute atomic E-state index is 12.5. The fourth-order valence-corrected chi connectivity index (χ4v) is 3.68. The summed E-state index contributed by atoms with van der Waals surface area (Å²) >= 11 is 0. The van der Waals surface area contributed by atoms with Crippen molar-refractivity contribution in [2.75, 3.05) is 40.0 Å². The predicted molar refractivity (Wildman–Crippen MR) is 96.1 cm³/mol. The van der Waals surface area contributed by atoms with Crippen molar-refractivity contribution in [1.82, 2.24) is 9.62 Å². The first-order chi connectivity index (χ1) is 11.4. The van der Waals surface area contributed by atoms with Gasteiger partial charge in [0, 0.05) is 19.7 Å². The van der Waals surface area contributed by atoms with Crippen LogP contribution in [-0.4, -0.2) is 59.3 Å². The molecule has 0 aliphatic carbocycles. The second-order valence-corrected chi connectivity index (χ2v) is 7.46. The third-order valence-electron chi connectivity index (χ3n) is 4.01. The second-order valence-electron chi connectivity index (χ2n) is 5.69. The van der Waals surface area contributed by atoms with E-state index >= 15 is 0 Å². The normalized spacial score (nSPS) is 13.2. The van der Waals surface area contributed by atoms with Crippen LogP contribution in [0.3, 0.4) is 0 Å². The van der Waals surface area contributed by atoms with Crippen molar-refractivity contribution in [1.29, 1.82) is 0 Å². The van der Waals surface area contributed by atoms with Gasteiger partial charge < -0.3 is 9.47 Å². The minimum absolute atomic E-state index is 0.146. The minimum Gasteiger partial charge on any atom is -0.491 e. The second kappa shape index (κ2) is 9.98. The van der Waals surface area contributed by atoms with Gasteiger partial charge in [-0.3, -0.25) is 4.90 Å². The van der Waals surface area contributed by atoms with Crippen LogP contribution >= 0.6 is 0 Å². The molecular weight excluding hydrogens is 328 g/mol. The van der Waals surface area contributed by atoms with Crippen LogP contribution in [0.1, 0.15) is 26.3 Å². The minimum atomic E-state index is -3.53. The number of ether oxygens (including phenoxy) is 2. The van der Waals surface area contributed by atoms with E-state index in [1.165, 1.54) is 0 Å². The summed E-state index contributed by atoms with van der Waals surface area (Å²) in [6.45, 7) is 11.1. The van der Waals surface area contributed by atoms with Crippen LogP contribution in [-0.2, 0) is 14.8 Å². The Kier molecular flexibility index (Phi) is 8.69. The lowest BCUT2D eigenvalue weighted by Crippen LogP contribution is -2.41. The summed E-state index contributed by atoms with van der Waals surface area (Å²) in [6.07, 6.45) is 0. The van der Waals surface area contributed by atoms with Crippen molar-refractivity contribution < 1.29 is 17.9 Å². The maximum Gasteiger partial charge on any atom is 0.240 e. The first kappa shape index (κ1) is 20.9. The van der Waals surface area contributed by atoms with Crippen molar-refractivity contribution in [2.24, 2.45) is 0 Å². The van der Waals surface area contributed by atoms with E-state index in [4.69, 9.17) is 9.47 Å². The Balaban J connectivity index is 2.75. The summed E-state index contributed by atoms with van der Waals surface area (Å²) in [5.41, 5.74) is 0.783. The average molecular weight is 359 g/mol. The predicted octanol–water partition coefficient (Wildman–Crippen LogP) is 2.03. The van der Waals surface area contributed by atoms with Gasteiger partial charge in [-0.1, -0.05) is 13.8 Å². The van der Waals surface area contributed by atoms with Gasteiger partial charge >= 0.3 is 0 Å². The molecule has 0 aliphatic heterocycles. The number of aryl methyl sites for hydroxylation is 1. The highest BCUT2D eigenvalue weighted by Crippen LogP contribution is 2.21. The van der Waals surface area contributed by atoms with E-state index in [2.05, 4.69) is 23.5 Å². The number of sulfonamides is 1. The zero-order valence-electron chi connectivity index (χ0n) is 15.3. The Morgan fingerprint density at radius 3 is 2.42 bits per heavy atom. The molecule has 6 nitrogen and oxygen atoms in total. The van der Waals surface area contributed by atoms with E-state index in [1.54, 1.807) is 25.3 Å². The number of benzene rings is 1. The number of nitrogens with one attached hydrogen (secondary N) is 1. The van der Waals surface area contributed by atoms with Gasteiger partial charge in [0.15, 0.2) is 0 Å². The lowest BCUT2D eigenvalue weighted by Gasteiger charge is -2.26. The molecule has 1 unspecified atom stereocenters. The van der Waals surface area contributed by atoms with Crippen LogP contribution in [0, 0.1) is 6.92 Å². The maximum atomic E-state index is 12.5. The van der Waals surface area contributed by atoms with Gasteiger partial charge in [-0.2, -0.15) is 0 Å². The van der Waals surface area contributed by atoms with Gasteiger partial charge in [-0.15, -0.1) is 0 Å². The van der Waals surface area contributed by atoms with E-state index in [-0.39, 0.29) is 10.9 Å². The number of hydrogen-bond donors (Lipinski definition) is 1. The fourth-order valence-electron chi connectivity index (χ4n) is 2.48. The van der Waals surface area contributed by atoms with Crippen molar-refractivity contribution in [3.63, 3.8) is 0 Å². The average Bonchev–Trinajstić information content (AvgIpc) is 2.55. The number of hydrogen-bond acceptors (Lipinski definition) is 5. The van der Waals surface area contributed by atoms with Gasteiger partial charge in [0.2, 0.25) is 10.0 Å². The Morgan fingerprint density at radius 2 is 1.88 bits per heavy atom. The zero-order valence-corrected chi connectivity index (χ0v) is 16.1. The third-order valence-corrected chi connectivity index (χ3v) is 5.43. The van der Waals surface area contributed by atoms with Crippen molar-refractivity contribution >= 4 is 10.0 Å². The summed E-state index contributed by atoms with van der Waals surface area (Å²) in [6, 6.07) is 5.03. The van der Waals surface area contributed by atoms with Crippen LogP contribution in [0.2, 0.25) is 0 Å². The van der Waals surface area contributed by atoms with E-state index < -0.39 is 10.0 Å². The molecule has 1 aromatic carbocycles. The third kappa shape index (κ3) is 6.05. The molecule has 0 amide bonds. The molecule has 0 bridgehead atoms. The largest absolute Gasteiger partial charge is 0.491 e. The molecular formula is C17H30N2O4S. The van der Waals surface area contributed by atoms with Crippen LogP contribution in [0.5, 0.6) is 5.75 Å².